The van der Waals surface area contributed by atoms with Gasteiger partial charge in [0.25, 0.3) is 5.95 Å². The predicted octanol–water partition coefficient (Wildman–Crippen LogP) is 3.46. The number of fused-ring (bicyclic) bond motifs is 2. The molecular weight excluding hydrogens is 397 g/mol. The molecule has 1 aromatic carbocycles. The second kappa shape index (κ2) is 7.64. The van der Waals surface area contributed by atoms with Crippen LogP contribution >= 0.6 is 0 Å². The first kappa shape index (κ1) is 20.0. The molecule has 8 nitrogen and oxygen atoms in total. The van der Waals surface area contributed by atoms with Crippen LogP contribution in [0.15, 0.2) is 30.3 Å². The number of nitrogens with zero attached hydrogens (tertiary/aromatic N) is 6. The van der Waals surface area contributed by atoms with Crippen molar-refractivity contribution in [3.05, 3.63) is 41.8 Å². The number of nitrogens with two attached hydrogens (primary N) is 1. The van der Waals surface area contributed by atoms with Crippen LogP contribution in [0.4, 0.5) is 10.2 Å². The predicted molar refractivity (Wildman–Crippen MR) is 115 cm³/mol. The van der Waals surface area contributed by atoms with Crippen LogP contribution in [-0.4, -0.2) is 43.7 Å². The van der Waals surface area contributed by atoms with Gasteiger partial charge >= 0.3 is 6.01 Å². The third-order valence-corrected chi connectivity index (χ3v) is 6.32. The lowest BCUT2D eigenvalue weighted by Crippen LogP contribution is -2.49. The average Bonchev–Trinajstić information content (AvgIpc) is 3.35. The first-order chi connectivity index (χ1) is 14.9. The Kier molecular flexibility index (Phi) is 4.92. The summed E-state index contributed by atoms with van der Waals surface area (Å²) in [5, 5.41) is 9.34. The third kappa shape index (κ3) is 3.67. The van der Waals surface area contributed by atoms with Crippen molar-refractivity contribution >= 4 is 5.82 Å². The van der Waals surface area contributed by atoms with Crippen LogP contribution in [0.25, 0.3) is 5.95 Å². The highest BCUT2D eigenvalue weighted by Gasteiger charge is 2.40. The molecule has 2 N–H and O–H groups in total. The number of piperidine rings is 1. The Labute approximate surface area is 180 Å². The number of benzene rings is 1. The first-order valence-corrected chi connectivity index (χ1v) is 10.9. The molecule has 1 aliphatic carbocycles. The van der Waals surface area contributed by atoms with E-state index < -0.39 is 0 Å². The minimum absolute atomic E-state index is 0.00810. The summed E-state index contributed by atoms with van der Waals surface area (Å²) < 4.78 is 23.0. The Bertz CT molecular complexity index is 1080. The molecule has 0 spiro atoms. The molecule has 2 fully saturated rings. The van der Waals surface area contributed by atoms with E-state index in [9.17, 15) is 4.39 Å². The van der Waals surface area contributed by atoms with E-state index in [2.05, 4.69) is 26.1 Å². The molecule has 2 unspecified atom stereocenters. The first-order valence-electron chi connectivity index (χ1n) is 10.9. The van der Waals surface area contributed by atoms with E-state index in [1.165, 1.54) is 25.0 Å². The number of ether oxygens (including phenoxy) is 1. The number of halogens is 1. The van der Waals surface area contributed by atoms with Crippen LogP contribution < -0.4 is 15.4 Å². The number of hydrogen-bond donors (Lipinski definition) is 1. The molecule has 5 rings (SSSR count). The Hall–Kier alpha value is -2.94. The van der Waals surface area contributed by atoms with Crippen LogP contribution in [0.1, 0.15) is 38.4 Å². The van der Waals surface area contributed by atoms with Gasteiger partial charge in [0.05, 0.1) is 11.7 Å². The number of anilines is 1. The van der Waals surface area contributed by atoms with E-state index in [-0.39, 0.29) is 11.9 Å². The van der Waals surface area contributed by atoms with Crippen LogP contribution in [0, 0.1) is 24.6 Å². The summed E-state index contributed by atoms with van der Waals surface area (Å²) >= 11 is 0. The van der Waals surface area contributed by atoms with Crippen molar-refractivity contribution in [2.75, 3.05) is 18.0 Å². The topological polar surface area (TPSA) is 87.0 Å². The lowest BCUT2D eigenvalue weighted by atomic mass is 9.93. The summed E-state index contributed by atoms with van der Waals surface area (Å²) in [5.74, 6) is 2.44. The molecule has 3 aromatic rings. The van der Waals surface area contributed by atoms with Gasteiger partial charge in [-0.2, -0.15) is 14.8 Å². The summed E-state index contributed by atoms with van der Waals surface area (Å²) in [6.07, 6.45) is 2.36. The number of hydrogen-bond acceptors (Lipinski definition) is 6. The summed E-state index contributed by atoms with van der Waals surface area (Å²) in [7, 11) is 0. The van der Waals surface area contributed by atoms with Gasteiger partial charge in [-0.3, -0.25) is 0 Å². The smallest absolute Gasteiger partial charge is 0.322 e. The Balaban J connectivity index is 1.50. The molecule has 1 aliphatic heterocycles. The molecule has 2 bridgehead atoms. The van der Waals surface area contributed by atoms with Gasteiger partial charge in [-0.25, -0.2) is 9.07 Å². The van der Waals surface area contributed by atoms with Crippen molar-refractivity contribution in [3.63, 3.8) is 0 Å². The summed E-state index contributed by atoms with van der Waals surface area (Å²) in [6.45, 7) is 7.79. The Morgan fingerprint density at radius 1 is 1.13 bits per heavy atom. The lowest BCUT2D eigenvalue weighted by Gasteiger charge is -2.37. The number of aryl methyl sites for hydroxylation is 1. The number of aromatic nitrogens is 5. The van der Waals surface area contributed by atoms with Crippen molar-refractivity contribution < 1.29 is 9.13 Å². The Morgan fingerprint density at radius 3 is 2.55 bits per heavy atom. The quantitative estimate of drug-likeness (QED) is 0.674. The van der Waals surface area contributed by atoms with Crippen molar-refractivity contribution in [1.29, 1.82) is 0 Å². The Morgan fingerprint density at radius 2 is 1.87 bits per heavy atom. The molecule has 2 aromatic heterocycles. The molecule has 2 atom stereocenters. The fourth-order valence-electron chi connectivity index (χ4n) is 4.74. The summed E-state index contributed by atoms with van der Waals surface area (Å²) in [5.41, 5.74) is 7.29. The average molecular weight is 426 g/mol. The second-order valence-corrected chi connectivity index (χ2v) is 8.93. The zero-order valence-corrected chi connectivity index (χ0v) is 18.1. The van der Waals surface area contributed by atoms with E-state index in [0.717, 1.165) is 24.6 Å². The van der Waals surface area contributed by atoms with Gasteiger partial charge in [0.1, 0.15) is 17.4 Å². The fourth-order valence-corrected chi connectivity index (χ4v) is 4.74. The van der Waals surface area contributed by atoms with E-state index in [1.807, 2.05) is 20.8 Å². The van der Waals surface area contributed by atoms with Crippen LogP contribution in [-0.2, 0) is 0 Å². The van der Waals surface area contributed by atoms with Crippen molar-refractivity contribution in [2.45, 2.75) is 45.7 Å². The fraction of sp³-hybridized carbons (Fsp3) is 0.500. The van der Waals surface area contributed by atoms with Gasteiger partial charge in [-0.15, -0.1) is 5.10 Å². The largest absolute Gasteiger partial charge is 0.424 e. The second-order valence-electron chi connectivity index (χ2n) is 8.93. The molecule has 0 amide bonds. The molecular formula is C22H28FN7O. The standard InChI is InChI=1S/C22H28FN7O/c1-13(2)29-22(31-18-6-4-5-17(23)10-18)25-21(27-29)30-19(9-14(3)26-30)28-11-15-7-8-16(12-28)20(15)24/h4-6,9-10,13,15-16,20H,7-8,11-12,24H2,1-3H3. The van der Waals surface area contributed by atoms with Gasteiger partial charge < -0.3 is 15.4 Å². The van der Waals surface area contributed by atoms with E-state index in [1.54, 1.807) is 21.5 Å². The van der Waals surface area contributed by atoms with Gasteiger partial charge in [0.15, 0.2) is 0 Å². The van der Waals surface area contributed by atoms with E-state index in [0.29, 0.717) is 35.6 Å². The van der Waals surface area contributed by atoms with Crippen LogP contribution in [0.3, 0.4) is 0 Å². The summed E-state index contributed by atoms with van der Waals surface area (Å²) in [4.78, 5) is 6.98. The molecule has 0 radical (unpaired) electrons. The van der Waals surface area contributed by atoms with Crippen LogP contribution in [0.2, 0.25) is 0 Å². The third-order valence-electron chi connectivity index (χ3n) is 6.32. The van der Waals surface area contributed by atoms with E-state index in [4.69, 9.17) is 10.5 Å². The minimum atomic E-state index is -0.365. The zero-order chi connectivity index (χ0) is 21.7. The molecule has 31 heavy (non-hydrogen) atoms. The molecule has 2 aliphatic rings. The maximum atomic E-state index is 13.6. The molecule has 9 heteroatoms. The van der Waals surface area contributed by atoms with Crippen molar-refractivity contribution in [1.82, 2.24) is 24.5 Å². The molecule has 1 saturated carbocycles. The highest BCUT2D eigenvalue weighted by molar-refractivity contribution is 5.46. The van der Waals surface area contributed by atoms with Gasteiger partial charge in [-0.05, 0) is 57.6 Å². The highest BCUT2D eigenvalue weighted by Crippen LogP contribution is 2.38. The molecule has 164 valence electrons. The number of rotatable bonds is 5. The van der Waals surface area contributed by atoms with Gasteiger partial charge in [0, 0.05) is 31.3 Å². The maximum absolute atomic E-state index is 13.6. The van der Waals surface area contributed by atoms with E-state index >= 15 is 0 Å². The normalized spacial score (nSPS) is 23.0. The maximum Gasteiger partial charge on any atom is 0.322 e. The lowest BCUT2D eigenvalue weighted by molar-refractivity contribution is 0.353. The monoisotopic (exact) mass is 425 g/mol. The minimum Gasteiger partial charge on any atom is -0.424 e. The van der Waals surface area contributed by atoms with Gasteiger partial charge in [-0.1, -0.05) is 6.07 Å². The summed E-state index contributed by atoms with van der Waals surface area (Å²) in [6, 6.07) is 8.67. The molecule has 1 saturated heterocycles. The molecule has 3 heterocycles. The SMILES string of the molecule is Cc1cc(N2CC3CCC(C2)C3N)n(-c2nc(Oc3cccc(F)c3)n(C(C)C)n2)n1. The van der Waals surface area contributed by atoms with Crippen molar-refractivity contribution in [2.24, 2.45) is 17.6 Å². The zero-order valence-electron chi connectivity index (χ0n) is 18.1. The van der Waals surface area contributed by atoms with Crippen molar-refractivity contribution in [3.8, 4) is 17.7 Å². The highest BCUT2D eigenvalue weighted by atomic mass is 19.1. The van der Waals surface area contributed by atoms with Gasteiger partial charge in [0.2, 0.25) is 0 Å². The van der Waals surface area contributed by atoms with Crippen LogP contribution in [0.5, 0.6) is 11.8 Å².